The molecule has 2 aromatic rings. The van der Waals surface area contributed by atoms with E-state index in [4.69, 9.17) is 9.47 Å². The molecule has 1 fully saturated rings. The van der Waals surface area contributed by atoms with Gasteiger partial charge in [0.15, 0.2) is 6.29 Å². The molecule has 0 aromatic heterocycles. The standard InChI is InChI=1S/C21H25NO4/c23-21(24)19(11-12-20-25-13-14-26-20)22(15-17-7-3-1-4-8-17)16-18-9-5-2-6-10-18/h1-10,19-20H,11-16H2,(H,23,24). The second-order valence-electron chi connectivity index (χ2n) is 6.48. The number of hydrogen-bond donors (Lipinski definition) is 1. The van der Waals surface area contributed by atoms with Crippen molar-refractivity contribution in [3.8, 4) is 0 Å². The van der Waals surface area contributed by atoms with Crippen molar-refractivity contribution in [2.24, 2.45) is 0 Å². The number of hydrogen-bond acceptors (Lipinski definition) is 4. The van der Waals surface area contributed by atoms with Crippen LogP contribution in [0.4, 0.5) is 0 Å². The molecule has 26 heavy (non-hydrogen) atoms. The third-order valence-electron chi connectivity index (χ3n) is 4.55. The average Bonchev–Trinajstić information content (AvgIpc) is 3.17. The number of rotatable bonds is 9. The van der Waals surface area contributed by atoms with E-state index in [0.29, 0.717) is 39.1 Å². The van der Waals surface area contributed by atoms with Crippen LogP contribution in [0.1, 0.15) is 24.0 Å². The molecule has 1 aliphatic rings. The minimum absolute atomic E-state index is 0.285. The molecular formula is C21H25NO4. The molecular weight excluding hydrogens is 330 g/mol. The smallest absolute Gasteiger partial charge is 0.320 e. The Bertz CT molecular complexity index is 629. The lowest BCUT2D eigenvalue weighted by atomic mass is 10.1. The normalized spacial score (nSPS) is 16.0. The van der Waals surface area contributed by atoms with E-state index in [0.717, 1.165) is 11.1 Å². The molecule has 1 heterocycles. The molecule has 1 aliphatic heterocycles. The highest BCUT2D eigenvalue weighted by Gasteiger charge is 2.28. The molecule has 2 aromatic carbocycles. The van der Waals surface area contributed by atoms with Crippen molar-refractivity contribution in [1.82, 2.24) is 4.90 Å². The Morgan fingerprint density at radius 3 is 1.92 bits per heavy atom. The predicted molar refractivity (Wildman–Crippen MR) is 98.5 cm³/mol. The first-order chi connectivity index (χ1) is 12.7. The number of carboxylic acids is 1. The zero-order valence-corrected chi connectivity index (χ0v) is 14.8. The SMILES string of the molecule is O=C(O)C(CCC1OCCO1)N(Cc1ccccc1)Cc1ccccc1. The topological polar surface area (TPSA) is 59.0 Å². The molecule has 0 spiro atoms. The average molecular weight is 355 g/mol. The summed E-state index contributed by atoms with van der Waals surface area (Å²) in [7, 11) is 0. The van der Waals surface area contributed by atoms with Crippen LogP contribution in [0.3, 0.4) is 0 Å². The van der Waals surface area contributed by atoms with Gasteiger partial charge < -0.3 is 14.6 Å². The van der Waals surface area contributed by atoms with Crippen molar-refractivity contribution in [3.63, 3.8) is 0 Å². The minimum Gasteiger partial charge on any atom is -0.480 e. The monoisotopic (exact) mass is 355 g/mol. The van der Waals surface area contributed by atoms with Crippen molar-refractivity contribution >= 4 is 5.97 Å². The van der Waals surface area contributed by atoms with Crippen molar-refractivity contribution in [1.29, 1.82) is 0 Å². The molecule has 1 atom stereocenters. The van der Waals surface area contributed by atoms with Crippen molar-refractivity contribution in [2.45, 2.75) is 38.3 Å². The fraction of sp³-hybridized carbons (Fsp3) is 0.381. The summed E-state index contributed by atoms with van der Waals surface area (Å²) in [5.74, 6) is -0.810. The molecule has 0 radical (unpaired) electrons. The van der Waals surface area contributed by atoms with E-state index < -0.39 is 12.0 Å². The zero-order chi connectivity index (χ0) is 18.2. The zero-order valence-electron chi connectivity index (χ0n) is 14.8. The van der Waals surface area contributed by atoms with Gasteiger partial charge in [0, 0.05) is 19.5 Å². The summed E-state index contributed by atoms with van der Waals surface area (Å²) >= 11 is 0. The molecule has 0 amide bonds. The van der Waals surface area contributed by atoms with Crippen molar-refractivity contribution in [2.75, 3.05) is 13.2 Å². The van der Waals surface area contributed by atoms with Gasteiger partial charge in [-0.1, -0.05) is 60.7 Å². The molecule has 138 valence electrons. The molecule has 0 aliphatic carbocycles. The number of aliphatic carboxylic acids is 1. The first kappa shape index (κ1) is 18.6. The lowest BCUT2D eigenvalue weighted by molar-refractivity contribution is -0.145. The predicted octanol–water partition coefficient (Wildman–Crippen LogP) is 3.30. The van der Waals surface area contributed by atoms with Crippen LogP contribution in [0.25, 0.3) is 0 Å². The summed E-state index contributed by atoms with van der Waals surface area (Å²) < 4.78 is 10.9. The van der Waals surface area contributed by atoms with Gasteiger partial charge in [0.05, 0.1) is 13.2 Å². The molecule has 5 heteroatoms. The van der Waals surface area contributed by atoms with Crippen LogP contribution in [0.5, 0.6) is 0 Å². The van der Waals surface area contributed by atoms with Crippen LogP contribution in [0.15, 0.2) is 60.7 Å². The van der Waals surface area contributed by atoms with Crippen LogP contribution in [0.2, 0.25) is 0 Å². The van der Waals surface area contributed by atoms with E-state index in [1.54, 1.807) is 0 Å². The Morgan fingerprint density at radius 1 is 0.962 bits per heavy atom. The molecule has 1 unspecified atom stereocenters. The highest BCUT2D eigenvalue weighted by atomic mass is 16.7. The van der Waals surface area contributed by atoms with Crippen molar-refractivity contribution < 1.29 is 19.4 Å². The van der Waals surface area contributed by atoms with Gasteiger partial charge in [0.1, 0.15) is 6.04 Å². The van der Waals surface area contributed by atoms with Crippen LogP contribution in [-0.4, -0.2) is 41.5 Å². The maximum Gasteiger partial charge on any atom is 0.320 e. The van der Waals surface area contributed by atoms with Gasteiger partial charge in [-0.05, 0) is 17.5 Å². The molecule has 0 saturated carbocycles. The van der Waals surface area contributed by atoms with Gasteiger partial charge in [-0.2, -0.15) is 0 Å². The summed E-state index contributed by atoms with van der Waals surface area (Å²) in [4.78, 5) is 14.0. The Kier molecular flexibility index (Phi) is 6.77. The Balaban J connectivity index is 1.74. The number of benzene rings is 2. The lowest BCUT2D eigenvalue weighted by Gasteiger charge is -2.29. The van der Waals surface area contributed by atoms with Crippen LogP contribution in [0, 0.1) is 0 Å². The summed E-state index contributed by atoms with van der Waals surface area (Å²) in [6.07, 6.45) is 0.781. The van der Waals surface area contributed by atoms with Gasteiger partial charge >= 0.3 is 5.97 Å². The highest BCUT2D eigenvalue weighted by Crippen LogP contribution is 2.20. The van der Waals surface area contributed by atoms with E-state index in [9.17, 15) is 9.90 Å². The molecule has 1 N–H and O–H groups in total. The first-order valence-electron chi connectivity index (χ1n) is 9.00. The van der Waals surface area contributed by atoms with Gasteiger partial charge in [0.2, 0.25) is 0 Å². The first-order valence-corrected chi connectivity index (χ1v) is 9.00. The minimum atomic E-state index is -0.810. The fourth-order valence-corrected chi connectivity index (χ4v) is 3.24. The molecule has 0 bridgehead atoms. The Labute approximate surface area is 154 Å². The van der Waals surface area contributed by atoms with Crippen LogP contribution >= 0.6 is 0 Å². The van der Waals surface area contributed by atoms with E-state index in [1.165, 1.54) is 0 Å². The quantitative estimate of drug-likeness (QED) is 0.748. The van der Waals surface area contributed by atoms with Gasteiger partial charge in [-0.3, -0.25) is 9.69 Å². The summed E-state index contributed by atoms with van der Waals surface area (Å²) in [6, 6.07) is 19.4. The highest BCUT2D eigenvalue weighted by molar-refractivity contribution is 5.73. The van der Waals surface area contributed by atoms with Gasteiger partial charge in [0.25, 0.3) is 0 Å². The lowest BCUT2D eigenvalue weighted by Crippen LogP contribution is -2.41. The van der Waals surface area contributed by atoms with E-state index >= 15 is 0 Å². The number of nitrogens with zero attached hydrogens (tertiary/aromatic N) is 1. The third-order valence-corrected chi connectivity index (χ3v) is 4.55. The van der Waals surface area contributed by atoms with E-state index in [2.05, 4.69) is 0 Å². The Hall–Kier alpha value is -2.21. The summed E-state index contributed by atoms with van der Waals surface area (Å²) in [5, 5.41) is 9.85. The van der Waals surface area contributed by atoms with Crippen LogP contribution < -0.4 is 0 Å². The largest absolute Gasteiger partial charge is 0.480 e. The maximum atomic E-state index is 12.0. The molecule has 5 nitrogen and oxygen atoms in total. The van der Waals surface area contributed by atoms with E-state index in [-0.39, 0.29) is 6.29 Å². The number of carbonyl (C=O) groups is 1. The third kappa shape index (κ3) is 5.39. The maximum absolute atomic E-state index is 12.0. The van der Waals surface area contributed by atoms with Crippen LogP contribution in [-0.2, 0) is 27.4 Å². The summed E-state index contributed by atoms with van der Waals surface area (Å²) in [6.45, 7) is 2.33. The van der Waals surface area contributed by atoms with E-state index in [1.807, 2.05) is 65.6 Å². The van der Waals surface area contributed by atoms with Gasteiger partial charge in [-0.15, -0.1) is 0 Å². The second kappa shape index (κ2) is 9.48. The van der Waals surface area contributed by atoms with Gasteiger partial charge in [-0.25, -0.2) is 0 Å². The van der Waals surface area contributed by atoms with Crippen molar-refractivity contribution in [3.05, 3.63) is 71.8 Å². The fourth-order valence-electron chi connectivity index (χ4n) is 3.24. The molecule has 1 saturated heterocycles. The number of carboxylic acid groups (broad SMARTS) is 1. The Morgan fingerprint density at radius 2 is 1.46 bits per heavy atom. The second-order valence-corrected chi connectivity index (χ2v) is 6.48. The summed E-state index contributed by atoms with van der Waals surface area (Å²) in [5.41, 5.74) is 2.20. The molecule has 3 rings (SSSR count). The number of ether oxygens (including phenoxy) is 2.